The monoisotopic (exact) mass is 242 g/mol. The Kier molecular flexibility index (Phi) is 4.78. The van der Waals surface area contributed by atoms with Crippen LogP contribution >= 0.6 is 0 Å². The summed E-state index contributed by atoms with van der Waals surface area (Å²) in [6.07, 6.45) is 5.57. The lowest BCUT2D eigenvalue weighted by Gasteiger charge is -2.28. The molecule has 96 valence electrons. The highest BCUT2D eigenvalue weighted by atomic mass is 14.9. The Labute approximate surface area is 110 Å². The van der Waals surface area contributed by atoms with Crippen LogP contribution in [0.5, 0.6) is 0 Å². The molecule has 2 heteroatoms. The van der Waals surface area contributed by atoms with Crippen molar-refractivity contribution in [2.24, 2.45) is 11.8 Å². The summed E-state index contributed by atoms with van der Waals surface area (Å²) in [7, 11) is 0. The molecule has 2 rings (SSSR count). The van der Waals surface area contributed by atoms with Crippen LogP contribution in [0.3, 0.4) is 0 Å². The second-order valence-corrected chi connectivity index (χ2v) is 5.46. The van der Waals surface area contributed by atoms with E-state index in [1.807, 2.05) is 24.3 Å². The van der Waals surface area contributed by atoms with Crippen LogP contribution < -0.4 is 5.32 Å². The van der Waals surface area contributed by atoms with Crippen molar-refractivity contribution >= 4 is 0 Å². The lowest BCUT2D eigenvalue weighted by molar-refractivity contribution is 0.247. The molecule has 0 amide bonds. The number of hydrogen-bond donors (Lipinski definition) is 1. The zero-order chi connectivity index (χ0) is 12.8. The number of benzene rings is 1. The van der Waals surface area contributed by atoms with E-state index in [1.54, 1.807) is 0 Å². The fourth-order valence-corrected chi connectivity index (χ4v) is 2.80. The highest BCUT2D eigenvalue weighted by Gasteiger charge is 2.20. The lowest BCUT2D eigenvalue weighted by Crippen LogP contribution is -2.29. The van der Waals surface area contributed by atoms with Gasteiger partial charge in [0.1, 0.15) is 0 Å². The van der Waals surface area contributed by atoms with Crippen molar-refractivity contribution in [2.75, 3.05) is 6.54 Å². The first-order chi connectivity index (χ1) is 8.79. The summed E-state index contributed by atoms with van der Waals surface area (Å²) in [6.45, 7) is 4.42. The third-order valence-electron chi connectivity index (χ3n) is 4.11. The summed E-state index contributed by atoms with van der Waals surface area (Å²) >= 11 is 0. The normalized spacial score (nSPS) is 23.6. The van der Waals surface area contributed by atoms with Gasteiger partial charge in [0, 0.05) is 6.54 Å². The van der Waals surface area contributed by atoms with Crippen LogP contribution in [0.15, 0.2) is 24.3 Å². The molecule has 0 heterocycles. The molecule has 1 aliphatic carbocycles. The molecule has 2 nitrogen and oxygen atoms in total. The summed E-state index contributed by atoms with van der Waals surface area (Å²) in [5, 5.41) is 12.3. The van der Waals surface area contributed by atoms with Crippen LogP contribution in [0.4, 0.5) is 0 Å². The maximum absolute atomic E-state index is 8.74. The average molecular weight is 242 g/mol. The first kappa shape index (κ1) is 13.1. The first-order valence-corrected chi connectivity index (χ1v) is 6.99. The zero-order valence-electron chi connectivity index (χ0n) is 11.2. The second-order valence-electron chi connectivity index (χ2n) is 5.46. The Balaban J connectivity index is 1.75. The van der Waals surface area contributed by atoms with E-state index in [-0.39, 0.29) is 0 Å². The van der Waals surface area contributed by atoms with Gasteiger partial charge in [-0.15, -0.1) is 0 Å². The van der Waals surface area contributed by atoms with Gasteiger partial charge < -0.3 is 5.32 Å². The maximum atomic E-state index is 8.74. The van der Waals surface area contributed by atoms with E-state index < -0.39 is 0 Å². The minimum atomic E-state index is 0.736. The Bertz CT molecular complexity index is 402. The Hall–Kier alpha value is -1.33. The van der Waals surface area contributed by atoms with Crippen molar-refractivity contribution in [1.82, 2.24) is 5.32 Å². The van der Waals surface area contributed by atoms with Crippen LogP contribution in [0.1, 0.15) is 43.7 Å². The van der Waals surface area contributed by atoms with Crippen molar-refractivity contribution in [3.8, 4) is 6.07 Å². The van der Waals surface area contributed by atoms with Gasteiger partial charge in [0.25, 0.3) is 0 Å². The number of nitrogens with zero attached hydrogens (tertiary/aromatic N) is 1. The molecule has 2 atom stereocenters. The van der Waals surface area contributed by atoms with E-state index in [2.05, 4.69) is 18.3 Å². The minimum Gasteiger partial charge on any atom is -0.312 e. The largest absolute Gasteiger partial charge is 0.312 e. The van der Waals surface area contributed by atoms with Crippen molar-refractivity contribution in [1.29, 1.82) is 5.26 Å². The SMILES string of the molecule is CC1CCCCC1CNCc1ccc(C#N)cc1. The van der Waals surface area contributed by atoms with Crippen LogP contribution in [0.25, 0.3) is 0 Å². The van der Waals surface area contributed by atoms with Gasteiger partial charge in [-0.2, -0.15) is 5.26 Å². The van der Waals surface area contributed by atoms with Crippen LogP contribution in [0.2, 0.25) is 0 Å². The molecule has 0 aromatic heterocycles. The molecule has 1 aromatic carbocycles. The van der Waals surface area contributed by atoms with Crippen molar-refractivity contribution in [2.45, 2.75) is 39.2 Å². The zero-order valence-corrected chi connectivity index (χ0v) is 11.2. The van der Waals surface area contributed by atoms with Gasteiger partial charge in [-0.25, -0.2) is 0 Å². The van der Waals surface area contributed by atoms with E-state index in [0.29, 0.717) is 0 Å². The van der Waals surface area contributed by atoms with Crippen molar-refractivity contribution in [3.63, 3.8) is 0 Å². The van der Waals surface area contributed by atoms with Gasteiger partial charge in [0.15, 0.2) is 0 Å². The smallest absolute Gasteiger partial charge is 0.0991 e. The number of rotatable bonds is 4. The Morgan fingerprint density at radius 2 is 1.94 bits per heavy atom. The summed E-state index contributed by atoms with van der Waals surface area (Å²) in [6, 6.07) is 10.0. The lowest BCUT2D eigenvalue weighted by atomic mass is 9.80. The molecular formula is C16H22N2. The van der Waals surface area contributed by atoms with Gasteiger partial charge in [0.05, 0.1) is 11.6 Å². The molecule has 1 saturated carbocycles. The molecule has 1 N–H and O–H groups in total. The molecule has 0 saturated heterocycles. The van der Waals surface area contributed by atoms with Gasteiger partial charge in [-0.05, 0) is 42.5 Å². The van der Waals surface area contributed by atoms with E-state index in [4.69, 9.17) is 5.26 Å². The number of nitriles is 1. The molecule has 1 aromatic rings. The topological polar surface area (TPSA) is 35.8 Å². The molecule has 2 unspecified atom stereocenters. The van der Waals surface area contributed by atoms with Crippen molar-refractivity contribution < 1.29 is 0 Å². The fourth-order valence-electron chi connectivity index (χ4n) is 2.80. The second kappa shape index (κ2) is 6.56. The van der Waals surface area contributed by atoms with Gasteiger partial charge >= 0.3 is 0 Å². The summed E-state index contributed by atoms with van der Waals surface area (Å²) in [5.41, 5.74) is 2.00. The maximum Gasteiger partial charge on any atom is 0.0991 e. The predicted octanol–water partition coefficient (Wildman–Crippen LogP) is 3.47. The molecule has 1 aliphatic rings. The highest BCUT2D eigenvalue weighted by Crippen LogP contribution is 2.28. The molecule has 1 fully saturated rings. The predicted molar refractivity (Wildman–Crippen MR) is 74.0 cm³/mol. The first-order valence-electron chi connectivity index (χ1n) is 6.99. The molecule has 0 spiro atoms. The van der Waals surface area contributed by atoms with E-state index in [1.165, 1.54) is 31.2 Å². The third kappa shape index (κ3) is 3.58. The van der Waals surface area contributed by atoms with Crippen molar-refractivity contribution in [3.05, 3.63) is 35.4 Å². The van der Waals surface area contributed by atoms with Gasteiger partial charge in [-0.1, -0.05) is 38.3 Å². The highest BCUT2D eigenvalue weighted by molar-refractivity contribution is 5.31. The molecule has 0 radical (unpaired) electrons. The van der Waals surface area contributed by atoms with Crippen LogP contribution in [-0.4, -0.2) is 6.54 Å². The van der Waals surface area contributed by atoms with Gasteiger partial charge in [0.2, 0.25) is 0 Å². The quantitative estimate of drug-likeness (QED) is 0.877. The average Bonchev–Trinajstić information content (AvgIpc) is 2.42. The standard InChI is InChI=1S/C16H22N2/c1-13-4-2-3-5-16(13)12-18-11-15-8-6-14(10-17)7-9-15/h6-9,13,16,18H,2-5,11-12H2,1H3. The Morgan fingerprint density at radius 3 is 2.61 bits per heavy atom. The molecular weight excluding hydrogens is 220 g/mol. The van der Waals surface area contributed by atoms with Crippen LogP contribution in [0, 0.1) is 23.2 Å². The fraction of sp³-hybridized carbons (Fsp3) is 0.562. The summed E-state index contributed by atoms with van der Waals surface area (Å²) in [5.74, 6) is 1.71. The van der Waals surface area contributed by atoms with Crippen LogP contribution in [-0.2, 0) is 6.54 Å². The Morgan fingerprint density at radius 1 is 1.22 bits per heavy atom. The van der Waals surface area contributed by atoms with E-state index in [0.717, 1.165) is 30.5 Å². The minimum absolute atomic E-state index is 0.736. The number of hydrogen-bond acceptors (Lipinski definition) is 2. The summed E-state index contributed by atoms with van der Waals surface area (Å²) in [4.78, 5) is 0. The molecule has 0 aliphatic heterocycles. The molecule has 0 bridgehead atoms. The van der Waals surface area contributed by atoms with Gasteiger partial charge in [-0.3, -0.25) is 0 Å². The molecule has 18 heavy (non-hydrogen) atoms. The number of nitrogens with one attached hydrogen (secondary N) is 1. The summed E-state index contributed by atoms with van der Waals surface area (Å²) < 4.78 is 0. The van der Waals surface area contributed by atoms with E-state index in [9.17, 15) is 0 Å². The third-order valence-corrected chi connectivity index (χ3v) is 4.11. The van der Waals surface area contributed by atoms with E-state index >= 15 is 0 Å².